The van der Waals surface area contributed by atoms with Gasteiger partial charge in [0.15, 0.2) is 5.11 Å². The van der Waals surface area contributed by atoms with Crippen molar-refractivity contribution >= 4 is 39.0 Å². The number of piperazine rings is 1. The van der Waals surface area contributed by atoms with E-state index in [0.717, 1.165) is 19.4 Å². The van der Waals surface area contributed by atoms with Gasteiger partial charge in [-0.3, -0.25) is 0 Å². The Morgan fingerprint density at radius 3 is 2.39 bits per heavy atom. The molecule has 0 amide bonds. The number of unbranched alkanes of at least 4 members (excludes halogenated alkanes) is 1. The molecule has 1 N–H and O–H groups in total. The summed E-state index contributed by atoms with van der Waals surface area (Å²) in [6, 6.07) is 6.27. The molecule has 2 rings (SSSR count). The Hall–Kier alpha value is -0.890. The standard InChI is InChI=1S/C15H22ClN3O2S2/c1-2-3-8-17-15(22)18-9-11-19(12-10-18)23(20,21)14-6-4-13(16)5-7-14/h4-7H,2-3,8-12H2,1H3,(H,17,22). The van der Waals surface area contributed by atoms with E-state index in [-0.39, 0.29) is 4.90 Å². The Labute approximate surface area is 148 Å². The molecule has 8 heteroatoms. The molecule has 0 aliphatic carbocycles. The zero-order valence-corrected chi connectivity index (χ0v) is 15.6. The van der Waals surface area contributed by atoms with E-state index in [2.05, 4.69) is 12.2 Å². The summed E-state index contributed by atoms with van der Waals surface area (Å²) in [4.78, 5) is 2.30. The number of sulfonamides is 1. The summed E-state index contributed by atoms with van der Waals surface area (Å²) in [5.74, 6) is 0. The number of nitrogens with one attached hydrogen (secondary N) is 1. The lowest BCUT2D eigenvalue weighted by molar-refractivity contribution is 0.264. The van der Waals surface area contributed by atoms with Crippen molar-refractivity contribution < 1.29 is 8.42 Å². The van der Waals surface area contributed by atoms with Gasteiger partial charge in [0.2, 0.25) is 10.0 Å². The van der Waals surface area contributed by atoms with Crippen LogP contribution in [0.4, 0.5) is 0 Å². The van der Waals surface area contributed by atoms with Crippen LogP contribution >= 0.6 is 23.8 Å². The molecular weight excluding hydrogens is 354 g/mol. The predicted molar refractivity (Wildman–Crippen MR) is 97.3 cm³/mol. The molecule has 1 fully saturated rings. The predicted octanol–water partition coefficient (Wildman–Crippen LogP) is 2.32. The number of nitrogens with zero attached hydrogens (tertiary/aromatic N) is 2. The van der Waals surface area contributed by atoms with Crippen LogP contribution in [0.2, 0.25) is 5.02 Å². The largest absolute Gasteiger partial charge is 0.363 e. The molecule has 0 unspecified atom stereocenters. The molecule has 0 aromatic heterocycles. The van der Waals surface area contributed by atoms with E-state index in [4.69, 9.17) is 23.8 Å². The van der Waals surface area contributed by atoms with Gasteiger partial charge in [-0.15, -0.1) is 0 Å². The maximum absolute atomic E-state index is 12.6. The van der Waals surface area contributed by atoms with Crippen molar-refractivity contribution in [2.45, 2.75) is 24.7 Å². The molecule has 0 radical (unpaired) electrons. The molecule has 1 aliphatic heterocycles. The summed E-state index contributed by atoms with van der Waals surface area (Å²) >= 11 is 11.2. The highest BCUT2D eigenvalue weighted by Crippen LogP contribution is 2.19. The zero-order chi connectivity index (χ0) is 16.9. The summed E-state index contributed by atoms with van der Waals surface area (Å²) in [5.41, 5.74) is 0. The second-order valence-electron chi connectivity index (χ2n) is 5.43. The average molecular weight is 376 g/mol. The van der Waals surface area contributed by atoms with Crippen molar-refractivity contribution in [1.82, 2.24) is 14.5 Å². The van der Waals surface area contributed by atoms with Crippen molar-refractivity contribution in [3.63, 3.8) is 0 Å². The van der Waals surface area contributed by atoms with E-state index in [0.29, 0.717) is 36.3 Å². The smallest absolute Gasteiger partial charge is 0.243 e. The van der Waals surface area contributed by atoms with Crippen LogP contribution in [0.25, 0.3) is 0 Å². The quantitative estimate of drug-likeness (QED) is 0.632. The fourth-order valence-corrected chi connectivity index (χ4v) is 4.20. The SMILES string of the molecule is CCCCNC(=S)N1CCN(S(=O)(=O)c2ccc(Cl)cc2)CC1. The van der Waals surface area contributed by atoms with E-state index in [1.54, 1.807) is 24.3 Å². The molecule has 128 valence electrons. The number of rotatable bonds is 5. The Bertz CT molecular complexity index is 627. The number of halogens is 1. The van der Waals surface area contributed by atoms with E-state index in [9.17, 15) is 8.42 Å². The average Bonchev–Trinajstić information content (AvgIpc) is 2.55. The van der Waals surface area contributed by atoms with Gasteiger partial charge in [-0.2, -0.15) is 4.31 Å². The van der Waals surface area contributed by atoms with Crippen molar-refractivity contribution in [3.05, 3.63) is 29.3 Å². The molecule has 5 nitrogen and oxygen atoms in total. The fraction of sp³-hybridized carbons (Fsp3) is 0.533. The van der Waals surface area contributed by atoms with Gasteiger partial charge in [0.05, 0.1) is 4.90 Å². The van der Waals surface area contributed by atoms with Crippen molar-refractivity contribution in [2.24, 2.45) is 0 Å². The van der Waals surface area contributed by atoms with Crippen LogP contribution in [-0.4, -0.2) is 55.5 Å². The van der Waals surface area contributed by atoms with Crippen LogP contribution < -0.4 is 5.32 Å². The van der Waals surface area contributed by atoms with E-state index < -0.39 is 10.0 Å². The molecule has 0 bridgehead atoms. The maximum Gasteiger partial charge on any atom is 0.243 e. The lowest BCUT2D eigenvalue weighted by Crippen LogP contribution is -2.53. The van der Waals surface area contributed by atoms with E-state index in [1.807, 2.05) is 4.90 Å². The lowest BCUT2D eigenvalue weighted by Gasteiger charge is -2.35. The molecule has 23 heavy (non-hydrogen) atoms. The molecule has 1 aliphatic rings. The minimum absolute atomic E-state index is 0.277. The zero-order valence-electron chi connectivity index (χ0n) is 13.2. The molecule has 1 aromatic rings. The van der Waals surface area contributed by atoms with Crippen LogP contribution in [0.1, 0.15) is 19.8 Å². The summed E-state index contributed by atoms with van der Waals surface area (Å²) < 4.78 is 26.7. The first-order valence-corrected chi connectivity index (χ1v) is 9.96. The second kappa shape index (κ2) is 8.28. The summed E-state index contributed by atoms with van der Waals surface area (Å²) in [6.07, 6.45) is 2.19. The number of benzene rings is 1. The van der Waals surface area contributed by atoms with Gasteiger partial charge in [-0.1, -0.05) is 24.9 Å². The second-order valence-corrected chi connectivity index (χ2v) is 8.19. The Morgan fingerprint density at radius 2 is 1.83 bits per heavy atom. The minimum atomic E-state index is -3.46. The molecule has 0 atom stereocenters. The van der Waals surface area contributed by atoms with Crippen molar-refractivity contribution in [3.8, 4) is 0 Å². The summed E-state index contributed by atoms with van der Waals surface area (Å²) in [7, 11) is -3.46. The van der Waals surface area contributed by atoms with Crippen molar-refractivity contribution in [2.75, 3.05) is 32.7 Å². The molecule has 0 saturated carbocycles. The van der Waals surface area contributed by atoms with Gasteiger partial charge in [0, 0.05) is 37.7 Å². The first-order valence-electron chi connectivity index (χ1n) is 7.73. The number of hydrogen-bond acceptors (Lipinski definition) is 3. The number of thiocarbonyl (C=S) groups is 1. The van der Waals surface area contributed by atoms with Gasteiger partial charge in [0.25, 0.3) is 0 Å². The Morgan fingerprint density at radius 1 is 1.22 bits per heavy atom. The van der Waals surface area contributed by atoms with Gasteiger partial charge >= 0.3 is 0 Å². The highest BCUT2D eigenvalue weighted by molar-refractivity contribution is 7.89. The monoisotopic (exact) mass is 375 g/mol. The molecule has 0 spiro atoms. The van der Waals surface area contributed by atoms with Crippen LogP contribution in [0.15, 0.2) is 29.2 Å². The van der Waals surface area contributed by atoms with Gasteiger partial charge in [-0.25, -0.2) is 8.42 Å². The fourth-order valence-electron chi connectivity index (χ4n) is 2.37. The molecular formula is C15H22ClN3O2S2. The first kappa shape index (κ1) is 18.4. The normalized spacial score (nSPS) is 16.3. The van der Waals surface area contributed by atoms with Crippen LogP contribution in [0, 0.1) is 0 Å². The van der Waals surface area contributed by atoms with Gasteiger partial charge in [0.1, 0.15) is 0 Å². The lowest BCUT2D eigenvalue weighted by atomic mass is 10.3. The third kappa shape index (κ3) is 4.79. The molecule has 1 heterocycles. The third-order valence-electron chi connectivity index (χ3n) is 3.78. The summed E-state index contributed by atoms with van der Waals surface area (Å²) in [5, 5.41) is 4.45. The molecule has 1 aromatic carbocycles. The minimum Gasteiger partial charge on any atom is -0.363 e. The topological polar surface area (TPSA) is 52.6 Å². The van der Waals surface area contributed by atoms with Crippen molar-refractivity contribution in [1.29, 1.82) is 0 Å². The van der Waals surface area contributed by atoms with E-state index in [1.165, 1.54) is 4.31 Å². The maximum atomic E-state index is 12.6. The summed E-state index contributed by atoms with van der Waals surface area (Å²) in [6.45, 7) is 5.06. The third-order valence-corrected chi connectivity index (χ3v) is 6.35. The Balaban J connectivity index is 1.93. The van der Waals surface area contributed by atoms with Gasteiger partial charge < -0.3 is 10.2 Å². The highest BCUT2D eigenvalue weighted by atomic mass is 35.5. The first-order chi connectivity index (χ1) is 10.9. The highest BCUT2D eigenvalue weighted by Gasteiger charge is 2.29. The van der Waals surface area contributed by atoms with Gasteiger partial charge in [-0.05, 0) is 42.9 Å². The van der Waals surface area contributed by atoms with Crippen LogP contribution in [-0.2, 0) is 10.0 Å². The molecule has 1 saturated heterocycles. The Kier molecular flexibility index (Phi) is 6.64. The van der Waals surface area contributed by atoms with Crippen LogP contribution in [0.5, 0.6) is 0 Å². The number of hydrogen-bond donors (Lipinski definition) is 1. The van der Waals surface area contributed by atoms with Crippen LogP contribution in [0.3, 0.4) is 0 Å². The van der Waals surface area contributed by atoms with E-state index >= 15 is 0 Å².